The zero-order chi connectivity index (χ0) is 22.4. The summed E-state index contributed by atoms with van der Waals surface area (Å²) in [5, 5.41) is 3.30. The number of hydrogen-bond acceptors (Lipinski definition) is 5. The van der Waals surface area contributed by atoms with E-state index in [0.717, 1.165) is 55.2 Å². The maximum Gasteiger partial charge on any atom is 0.225 e. The van der Waals surface area contributed by atoms with Gasteiger partial charge < -0.3 is 14.8 Å². The van der Waals surface area contributed by atoms with Crippen LogP contribution in [-0.2, 0) is 11.3 Å². The number of carbonyl (C=O) groups excluding carboxylic acids is 1. The van der Waals surface area contributed by atoms with Gasteiger partial charge in [0.25, 0.3) is 0 Å². The van der Waals surface area contributed by atoms with Crippen LogP contribution >= 0.6 is 0 Å². The van der Waals surface area contributed by atoms with Crippen LogP contribution in [0, 0.1) is 11.3 Å². The molecule has 1 aromatic carbocycles. The van der Waals surface area contributed by atoms with E-state index in [1.54, 1.807) is 20.4 Å². The minimum absolute atomic E-state index is 0.0529. The van der Waals surface area contributed by atoms with Gasteiger partial charge in [0.15, 0.2) is 0 Å². The molecule has 2 heterocycles. The van der Waals surface area contributed by atoms with E-state index in [2.05, 4.69) is 21.3 Å². The Kier molecular flexibility index (Phi) is 7.55. The van der Waals surface area contributed by atoms with Crippen LogP contribution in [0.15, 0.2) is 42.6 Å². The Labute approximate surface area is 186 Å². The van der Waals surface area contributed by atoms with Crippen molar-refractivity contribution in [3.63, 3.8) is 0 Å². The molecule has 1 aliphatic heterocycles. The fraction of sp³-hybridized carbons (Fsp3) is 0.520. The summed E-state index contributed by atoms with van der Waals surface area (Å²) in [6.45, 7) is 8.54. The van der Waals surface area contributed by atoms with Gasteiger partial charge in [0.1, 0.15) is 11.5 Å². The van der Waals surface area contributed by atoms with Crippen molar-refractivity contribution in [1.82, 2.24) is 15.2 Å². The molecule has 1 aliphatic rings. The van der Waals surface area contributed by atoms with E-state index in [4.69, 9.17) is 9.47 Å². The number of pyridine rings is 1. The van der Waals surface area contributed by atoms with Crippen molar-refractivity contribution in [1.29, 1.82) is 0 Å². The molecule has 1 saturated heterocycles. The van der Waals surface area contributed by atoms with Crippen LogP contribution in [-0.4, -0.2) is 43.1 Å². The Morgan fingerprint density at radius 1 is 1.23 bits per heavy atom. The standard InChI is InChI=1S/C25H35N3O3/c1-25(2,3)24(29)27-23(21-10-6-7-13-26-21)19-9-8-14-28(17-19)16-18-11-12-20(30-4)15-22(18)31-5/h6-7,10-13,15,19,23H,8-9,14,16-17H2,1-5H3,(H,27,29)/t19-,23+/m1/s1. The third-order valence-corrected chi connectivity index (χ3v) is 5.88. The highest BCUT2D eigenvalue weighted by molar-refractivity contribution is 5.81. The summed E-state index contributed by atoms with van der Waals surface area (Å²) < 4.78 is 10.9. The lowest BCUT2D eigenvalue weighted by atomic mass is 9.86. The lowest BCUT2D eigenvalue weighted by molar-refractivity contribution is -0.130. The summed E-state index contributed by atoms with van der Waals surface area (Å²) in [5.41, 5.74) is 1.61. The molecule has 2 atom stereocenters. The lowest BCUT2D eigenvalue weighted by Crippen LogP contribution is -2.45. The monoisotopic (exact) mass is 425 g/mol. The Morgan fingerprint density at radius 2 is 2.03 bits per heavy atom. The van der Waals surface area contributed by atoms with Gasteiger partial charge >= 0.3 is 0 Å². The first-order valence-corrected chi connectivity index (χ1v) is 11.0. The average Bonchev–Trinajstić information content (AvgIpc) is 2.77. The second-order valence-corrected chi connectivity index (χ2v) is 9.27. The molecule has 0 saturated carbocycles. The highest BCUT2D eigenvalue weighted by atomic mass is 16.5. The van der Waals surface area contributed by atoms with Gasteiger partial charge in [-0.1, -0.05) is 32.9 Å². The number of nitrogens with one attached hydrogen (secondary N) is 1. The van der Waals surface area contributed by atoms with E-state index in [9.17, 15) is 4.79 Å². The zero-order valence-corrected chi connectivity index (χ0v) is 19.4. The largest absolute Gasteiger partial charge is 0.497 e. The maximum atomic E-state index is 12.8. The SMILES string of the molecule is COc1ccc(CN2CCC[C@@H]([C@H](NC(=O)C(C)(C)C)c3ccccn3)C2)c(OC)c1. The van der Waals surface area contributed by atoms with Crippen molar-refractivity contribution >= 4 is 5.91 Å². The highest BCUT2D eigenvalue weighted by Crippen LogP contribution is 2.32. The number of ether oxygens (including phenoxy) is 2. The predicted octanol–water partition coefficient (Wildman–Crippen LogP) is 4.21. The fourth-order valence-electron chi connectivity index (χ4n) is 4.08. The van der Waals surface area contributed by atoms with Gasteiger partial charge in [-0.05, 0) is 43.5 Å². The van der Waals surface area contributed by atoms with Crippen molar-refractivity contribution in [3.05, 3.63) is 53.9 Å². The summed E-state index contributed by atoms with van der Waals surface area (Å²) in [6.07, 6.45) is 3.94. The number of rotatable bonds is 7. The molecule has 6 nitrogen and oxygen atoms in total. The molecule has 6 heteroatoms. The number of nitrogens with zero attached hydrogens (tertiary/aromatic N) is 2. The van der Waals surface area contributed by atoms with Crippen LogP contribution in [0.25, 0.3) is 0 Å². The number of hydrogen-bond donors (Lipinski definition) is 1. The maximum absolute atomic E-state index is 12.8. The second kappa shape index (κ2) is 10.1. The quantitative estimate of drug-likeness (QED) is 0.720. The first-order valence-electron chi connectivity index (χ1n) is 11.0. The van der Waals surface area contributed by atoms with Gasteiger partial charge in [0.05, 0.1) is 26.0 Å². The Balaban J connectivity index is 1.78. The van der Waals surface area contributed by atoms with Gasteiger partial charge in [0, 0.05) is 36.3 Å². The molecule has 1 aromatic heterocycles. The van der Waals surface area contributed by atoms with E-state index in [-0.39, 0.29) is 11.9 Å². The molecular formula is C25H35N3O3. The summed E-state index contributed by atoms with van der Waals surface area (Å²) >= 11 is 0. The summed E-state index contributed by atoms with van der Waals surface area (Å²) in [5.74, 6) is 1.97. The van der Waals surface area contributed by atoms with Crippen LogP contribution < -0.4 is 14.8 Å². The molecule has 31 heavy (non-hydrogen) atoms. The van der Waals surface area contributed by atoms with Crippen molar-refractivity contribution < 1.29 is 14.3 Å². The predicted molar refractivity (Wildman–Crippen MR) is 122 cm³/mol. The number of piperidine rings is 1. The third-order valence-electron chi connectivity index (χ3n) is 5.88. The van der Waals surface area contributed by atoms with Crippen LogP contribution in [0.5, 0.6) is 11.5 Å². The lowest BCUT2D eigenvalue weighted by Gasteiger charge is -2.38. The first kappa shape index (κ1) is 23.1. The molecular weight excluding hydrogens is 390 g/mol. The molecule has 0 spiro atoms. The number of benzene rings is 1. The fourth-order valence-corrected chi connectivity index (χ4v) is 4.08. The number of amides is 1. The van der Waals surface area contributed by atoms with E-state index in [1.807, 2.05) is 51.1 Å². The van der Waals surface area contributed by atoms with E-state index in [0.29, 0.717) is 5.92 Å². The van der Waals surface area contributed by atoms with Gasteiger partial charge in [-0.3, -0.25) is 14.7 Å². The number of aromatic nitrogens is 1. The average molecular weight is 426 g/mol. The summed E-state index contributed by atoms with van der Waals surface area (Å²) in [6, 6.07) is 11.8. The summed E-state index contributed by atoms with van der Waals surface area (Å²) in [4.78, 5) is 19.8. The van der Waals surface area contributed by atoms with Crippen molar-refractivity contribution in [2.24, 2.45) is 11.3 Å². The molecule has 0 radical (unpaired) electrons. The molecule has 168 valence electrons. The first-order chi connectivity index (χ1) is 14.8. The van der Waals surface area contributed by atoms with Crippen LogP contribution in [0.3, 0.4) is 0 Å². The highest BCUT2D eigenvalue weighted by Gasteiger charge is 2.33. The Hall–Kier alpha value is -2.60. The van der Waals surface area contributed by atoms with Gasteiger partial charge in [-0.25, -0.2) is 0 Å². The topological polar surface area (TPSA) is 63.7 Å². The minimum Gasteiger partial charge on any atom is -0.497 e. The van der Waals surface area contributed by atoms with E-state index in [1.165, 1.54) is 0 Å². The molecule has 3 rings (SSSR count). The van der Waals surface area contributed by atoms with Gasteiger partial charge in [-0.2, -0.15) is 0 Å². The van der Waals surface area contributed by atoms with Crippen molar-refractivity contribution in [2.75, 3.05) is 27.3 Å². The van der Waals surface area contributed by atoms with Crippen LogP contribution in [0.4, 0.5) is 0 Å². The number of likely N-dealkylation sites (tertiary alicyclic amines) is 1. The second-order valence-electron chi connectivity index (χ2n) is 9.27. The molecule has 2 aromatic rings. The molecule has 1 fully saturated rings. The zero-order valence-electron chi connectivity index (χ0n) is 19.4. The minimum atomic E-state index is -0.447. The van der Waals surface area contributed by atoms with Crippen LogP contribution in [0.1, 0.15) is 50.9 Å². The Bertz CT molecular complexity index is 864. The van der Waals surface area contributed by atoms with Crippen molar-refractivity contribution in [3.8, 4) is 11.5 Å². The third kappa shape index (κ3) is 5.97. The number of methoxy groups -OCH3 is 2. The Morgan fingerprint density at radius 3 is 2.68 bits per heavy atom. The molecule has 1 N–H and O–H groups in total. The number of carbonyl (C=O) groups is 1. The van der Waals surface area contributed by atoms with Gasteiger partial charge in [0.2, 0.25) is 5.91 Å². The normalized spacial score (nSPS) is 18.3. The van der Waals surface area contributed by atoms with Crippen LogP contribution in [0.2, 0.25) is 0 Å². The molecule has 1 amide bonds. The molecule has 0 aliphatic carbocycles. The molecule has 0 bridgehead atoms. The summed E-state index contributed by atoms with van der Waals surface area (Å²) in [7, 11) is 3.35. The van der Waals surface area contributed by atoms with Gasteiger partial charge in [-0.15, -0.1) is 0 Å². The molecule has 0 unspecified atom stereocenters. The van der Waals surface area contributed by atoms with E-state index < -0.39 is 5.41 Å². The smallest absolute Gasteiger partial charge is 0.225 e. The van der Waals surface area contributed by atoms with Crippen molar-refractivity contribution in [2.45, 2.75) is 46.2 Å². The van der Waals surface area contributed by atoms with E-state index >= 15 is 0 Å².